The molecule has 0 aromatic heterocycles. The van der Waals surface area contributed by atoms with Gasteiger partial charge in [0.05, 0.1) is 6.04 Å². The summed E-state index contributed by atoms with van der Waals surface area (Å²) in [5.74, 6) is -0.0552. The summed E-state index contributed by atoms with van der Waals surface area (Å²) in [6.07, 6.45) is 2.37. The molecule has 3 rings (SSSR count). The molecule has 0 bridgehead atoms. The second-order valence-electron chi connectivity index (χ2n) is 6.05. The van der Waals surface area contributed by atoms with Crippen molar-refractivity contribution in [1.82, 2.24) is 16.3 Å². The average Bonchev–Trinajstić information content (AvgIpc) is 3.22. The van der Waals surface area contributed by atoms with Crippen LogP contribution in [0.4, 0.5) is 0 Å². The van der Waals surface area contributed by atoms with Crippen molar-refractivity contribution in [2.45, 2.75) is 43.5 Å². The molecule has 0 aromatic carbocycles. The zero-order valence-corrected chi connectivity index (χ0v) is 12.6. The molecule has 1 saturated heterocycles. The van der Waals surface area contributed by atoms with Crippen LogP contribution in [0.25, 0.3) is 0 Å². The molecule has 126 valence electrons. The van der Waals surface area contributed by atoms with Gasteiger partial charge >= 0.3 is 10.4 Å². The first-order chi connectivity index (χ1) is 10.3. The summed E-state index contributed by atoms with van der Waals surface area (Å²) in [5.41, 5.74) is 10.5. The molecule has 0 radical (unpaired) electrons. The van der Waals surface area contributed by atoms with E-state index in [2.05, 4.69) is 20.6 Å². The zero-order valence-electron chi connectivity index (χ0n) is 11.8. The number of carbonyl (C=O) groups is 1. The summed E-state index contributed by atoms with van der Waals surface area (Å²) in [6.45, 7) is 0.345. The third kappa shape index (κ3) is 3.56. The standard InChI is InChI=1S/C11H20N4O6S/c12-7-1-2-9(7)20-15-11(16)10-6-3-5(6)8(4-13-10)14-21-22(17,18)19/h5-10,13-14H,1-4,12H2,(H,15,16)(H,17,18,19)/t5?,6?,7?,8-,9?,10-/m0/s1. The highest BCUT2D eigenvalue weighted by molar-refractivity contribution is 7.80. The van der Waals surface area contributed by atoms with Crippen LogP contribution in [-0.4, -0.2) is 49.7 Å². The van der Waals surface area contributed by atoms with Crippen LogP contribution in [0.1, 0.15) is 19.3 Å². The molecule has 22 heavy (non-hydrogen) atoms. The van der Waals surface area contributed by atoms with Crippen molar-refractivity contribution in [2.75, 3.05) is 6.54 Å². The largest absolute Gasteiger partial charge is 0.413 e. The summed E-state index contributed by atoms with van der Waals surface area (Å²) in [5, 5.41) is 3.03. The number of piperidine rings is 1. The van der Waals surface area contributed by atoms with E-state index in [-0.39, 0.29) is 42.0 Å². The number of hydrogen-bond donors (Lipinski definition) is 5. The predicted molar refractivity (Wildman–Crippen MR) is 73.2 cm³/mol. The Balaban J connectivity index is 1.43. The van der Waals surface area contributed by atoms with E-state index in [0.29, 0.717) is 6.54 Å². The Hall–Kier alpha value is -0.820. The van der Waals surface area contributed by atoms with Crippen molar-refractivity contribution < 1.29 is 26.9 Å². The number of amides is 1. The molecule has 10 nitrogen and oxygen atoms in total. The second-order valence-corrected chi connectivity index (χ2v) is 7.07. The minimum absolute atomic E-state index is 0.0283. The number of carbonyl (C=O) groups excluding carboxylic acids is 1. The van der Waals surface area contributed by atoms with E-state index < -0.39 is 10.4 Å². The summed E-state index contributed by atoms with van der Waals surface area (Å²) in [4.78, 5) is 17.4. The molecular formula is C11H20N4O6S. The SMILES string of the molecule is NC1CCC1ONC(=O)[C@H]1NC[C@H](NOS(=O)(=O)O)C2CC21. The van der Waals surface area contributed by atoms with Gasteiger partial charge in [0.2, 0.25) is 0 Å². The monoisotopic (exact) mass is 336 g/mol. The fourth-order valence-electron chi connectivity index (χ4n) is 3.02. The third-order valence-electron chi connectivity index (χ3n) is 4.55. The van der Waals surface area contributed by atoms with Crippen molar-refractivity contribution >= 4 is 16.3 Å². The molecule has 0 spiro atoms. The summed E-state index contributed by atoms with van der Waals surface area (Å²) in [6, 6.07) is -0.693. The van der Waals surface area contributed by atoms with Crippen molar-refractivity contribution in [3.8, 4) is 0 Å². The first-order valence-electron chi connectivity index (χ1n) is 7.21. The van der Waals surface area contributed by atoms with E-state index in [9.17, 15) is 13.2 Å². The molecule has 6 N–H and O–H groups in total. The highest BCUT2D eigenvalue weighted by Gasteiger charge is 2.53. The maximum Gasteiger partial charge on any atom is 0.413 e. The molecule has 1 aliphatic heterocycles. The minimum Gasteiger partial charge on any atom is -0.325 e. The van der Waals surface area contributed by atoms with Gasteiger partial charge in [0.25, 0.3) is 5.91 Å². The summed E-state index contributed by atoms with van der Waals surface area (Å²) < 4.78 is 33.8. The van der Waals surface area contributed by atoms with E-state index in [1.54, 1.807) is 0 Å². The molecule has 3 fully saturated rings. The number of fused-ring (bicyclic) bond motifs is 1. The quantitative estimate of drug-likeness (QED) is 0.269. The van der Waals surface area contributed by atoms with Gasteiger partial charge in [-0.05, 0) is 31.1 Å². The van der Waals surface area contributed by atoms with Crippen LogP contribution >= 0.6 is 0 Å². The van der Waals surface area contributed by atoms with Crippen molar-refractivity contribution in [2.24, 2.45) is 17.6 Å². The normalized spacial score (nSPS) is 40.5. The Kier molecular flexibility index (Phi) is 4.38. The molecule has 1 heterocycles. The van der Waals surface area contributed by atoms with Gasteiger partial charge in [-0.2, -0.15) is 18.2 Å². The number of rotatable bonds is 6. The Morgan fingerprint density at radius 2 is 2.09 bits per heavy atom. The predicted octanol–water partition coefficient (Wildman–Crippen LogP) is -2.18. The molecule has 2 saturated carbocycles. The first-order valence-corrected chi connectivity index (χ1v) is 8.57. The molecule has 0 aromatic rings. The Morgan fingerprint density at radius 3 is 2.68 bits per heavy atom. The molecule has 3 aliphatic rings. The summed E-state index contributed by atoms with van der Waals surface area (Å²) >= 11 is 0. The highest BCUT2D eigenvalue weighted by atomic mass is 32.3. The maximum atomic E-state index is 12.1. The number of nitrogens with two attached hydrogens (primary N) is 1. The van der Waals surface area contributed by atoms with Crippen LogP contribution in [0.2, 0.25) is 0 Å². The fraction of sp³-hybridized carbons (Fsp3) is 0.909. The van der Waals surface area contributed by atoms with E-state index in [0.717, 1.165) is 19.3 Å². The summed E-state index contributed by atoms with van der Waals surface area (Å²) in [7, 11) is -4.53. The molecule has 11 heteroatoms. The van der Waals surface area contributed by atoms with E-state index in [1.165, 1.54) is 0 Å². The molecule has 6 atom stereocenters. The topological polar surface area (TPSA) is 152 Å². The first kappa shape index (κ1) is 16.1. The van der Waals surface area contributed by atoms with Crippen LogP contribution < -0.4 is 22.0 Å². The zero-order chi connectivity index (χ0) is 15.9. The van der Waals surface area contributed by atoms with E-state index >= 15 is 0 Å². The molecule has 2 aliphatic carbocycles. The lowest BCUT2D eigenvalue weighted by atomic mass is 9.90. The Bertz CT molecular complexity index is 543. The third-order valence-corrected chi connectivity index (χ3v) is 4.86. The van der Waals surface area contributed by atoms with Crippen molar-refractivity contribution in [1.29, 1.82) is 0 Å². The molecular weight excluding hydrogens is 316 g/mol. The lowest BCUT2D eigenvalue weighted by Crippen LogP contribution is -2.57. The van der Waals surface area contributed by atoms with Gasteiger partial charge in [-0.15, -0.1) is 0 Å². The van der Waals surface area contributed by atoms with Gasteiger partial charge in [-0.1, -0.05) is 0 Å². The van der Waals surface area contributed by atoms with Crippen LogP contribution in [0.5, 0.6) is 0 Å². The Labute approximate surface area is 127 Å². The van der Waals surface area contributed by atoms with Gasteiger partial charge in [0.1, 0.15) is 6.10 Å². The van der Waals surface area contributed by atoms with E-state index in [1.807, 2.05) is 0 Å². The highest BCUT2D eigenvalue weighted by Crippen LogP contribution is 2.46. The van der Waals surface area contributed by atoms with Crippen LogP contribution in [0.3, 0.4) is 0 Å². The number of nitrogens with one attached hydrogen (secondary N) is 3. The van der Waals surface area contributed by atoms with Gasteiger partial charge in [0, 0.05) is 18.6 Å². The van der Waals surface area contributed by atoms with Crippen LogP contribution in [-0.2, 0) is 24.3 Å². The van der Waals surface area contributed by atoms with Gasteiger partial charge in [-0.3, -0.25) is 14.2 Å². The minimum atomic E-state index is -4.53. The van der Waals surface area contributed by atoms with Crippen LogP contribution in [0.15, 0.2) is 0 Å². The van der Waals surface area contributed by atoms with E-state index in [4.69, 9.17) is 15.1 Å². The van der Waals surface area contributed by atoms with Crippen LogP contribution in [0, 0.1) is 11.8 Å². The molecule has 4 unspecified atom stereocenters. The fourth-order valence-corrected chi connectivity index (χ4v) is 3.26. The smallest absolute Gasteiger partial charge is 0.325 e. The van der Waals surface area contributed by atoms with Gasteiger partial charge < -0.3 is 11.1 Å². The van der Waals surface area contributed by atoms with Crippen molar-refractivity contribution in [3.05, 3.63) is 0 Å². The maximum absolute atomic E-state index is 12.1. The van der Waals surface area contributed by atoms with Gasteiger partial charge in [-0.25, -0.2) is 5.48 Å². The Morgan fingerprint density at radius 1 is 1.32 bits per heavy atom. The molecule has 1 amide bonds. The number of hydroxylamine groups is 2. The average molecular weight is 336 g/mol. The lowest BCUT2D eigenvalue weighted by Gasteiger charge is -2.33. The number of hydrogen-bond acceptors (Lipinski definition) is 8. The van der Waals surface area contributed by atoms with Gasteiger partial charge in [0.15, 0.2) is 0 Å². The lowest BCUT2D eigenvalue weighted by molar-refractivity contribution is -0.148. The second kappa shape index (κ2) is 6.00. The van der Waals surface area contributed by atoms with Crippen molar-refractivity contribution in [3.63, 3.8) is 0 Å².